The second-order valence-corrected chi connectivity index (χ2v) is 11.9. The van der Waals surface area contributed by atoms with E-state index in [2.05, 4.69) is 30.5 Å². The number of halogens is 3. The number of amides is 1. The van der Waals surface area contributed by atoms with Crippen LogP contribution in [0.25, 0.3) is 16.6 Å². The lowest BCUT2D eigenvalue weighted by atomic mass is 9.96. The minimum absolute atomic E-state index is 0.0312. The smallest absolute Gasteiger partial charge is 0.265 e. The minimum atomic E-state index is -2.67. The predicted octanol–water partition coefficient (Wildman–Crippen LogP) is 6.26. The summed E-state index contributed by atoms with van der Waals surface area (Å²) in [5.41, 5.74) is 5.14. The molecule has 3 aliphatic rings. The van der Waals surface area contributed by atoms with Gasteiger partial charge in [0.25, 0.3) is 6.43 Å². The Morgan fingerprint density at radius 1 is 1.15 bits per heavy atom. The van der Waals surface area contributed by atoms with Gasteiger partial charge in [-0.25, -0.2) is 8.78 Å². The van der Waals surface area contributed by atoms with E-state index in [9.17, 15) is 13.6 Å². The summed E-state index contributed by atoms with van der Waals surface area (Å²) in [7, 11) is 0. The maximum Gasteiger partial charge on any atom is 0.265 e. The zero-order chi connectivity index (χ0) is 28.2. The molecule has 1 saturated heterocycles. The van der Waals surface area contributed by atoms with E-state index in [1.54, 1.807) is 30.0 Å². The first-order valence-corrected chi connectivity index (χ1v) is 15.0. The van der Waals surface area contributed by atoms with Gasteiger partial charge in [-0.3, -0.25) is 14.5 Å². The quantitative estimate of drug-likeness (QED) is 0.268. The van der Waals surface area contributed by atoms with Crippen molar-refractivity contribution in [1.82, 2.24) is 24.2 Å². The Balaban J connectivity index is 1.37. The van der Waals surface area contributed by atoms with Gasteiger partial charge < -0.3 is 19.1 Å². The lowest BCUT2D eigenvalue weighted by molar-refractivity contribution is -0.129. The Bertz CT molecular complexity index is 1640. The first-order chi connectivity index (χ1) is 19.9. The molecule has 4 aromatic rings. The van der Waals surface area contributed by atoms with Crippen LogP contribution in [0.5, 0.6) is 0 Å². The number of alkyl halides is 2. The van der Waals surface area contributed by atoms with Crippen LogP contribution in [-0.2, 0) is 28.9 Å². The third-order valence-electron chi connectivity index (χ3n) is 8.70. The van der Waals surface area contributed by atoms with Crippen LogP contribution in [0, 0.1) is 0 Å². The zero-order valence-corrected chi connectivity index (χ0v) is 24.4. The lowest BCUT2D eigenvalue weighted by Gasteiger charge is -2.33. The van der Waals surface area contributed by atoms with E-state index in [0.717, 1.165) is 75.8 Å². The highest BCUT2D eigenvalue weighted by atomic mass is 79.9. The number of hydrogen-bond acceptors (Lipinski definition) is 5. The van der Waals surface area contributed by atoms with E-state index in [0.29, 0.717) is 38.5 Å². The third-order valence-corrected chi connectivity index (χ3v) is 9.33. The van der Waals surface area contributed by atoms with E-state index in [1.165, 1.54) is 0 Å². The molecule has 0 saturated carbocycles. The number of benzene rings is 1. The van der Waals surface area contributed by atoms with E-state index in [-0.39, 0.29) is 17.5 Å². The van der Waals surface area contributed by atoms with Crippen molar-refractivity contribution >= 4 is 44.2 Å². The number of ether oxygens (including phenoxy) is 1. The molecule has 1 amide bonds. The van der Waals surface area contributed by atoms with Crippen molar-refractivity contribution < 1.29 is 18.3 Å². The summed E-state index contributed by atoms with van der Waals surface area (Å²) in [4.78, 5) is 20.6. The van der Waals surface area contributed by atoms with Gasteiger partial charge >= 0.3 is 0 Å². The number of nitrogens with zero attached hydrogens (tertiary/aromatic N) is 6. The molecule has 11 heteroatoms. The molecule has 6 heterocycles. The highest BCUT2D eigenvalue weighted by molar-refractivity contribution is 9.10. The van der Waals surface area contributed by atoms with Gasteiger partial charge in [0.15, 0.2) is 5.82 Å². The van der Waals surface area contributed by atoms with Gasteiger partial charge in [-0.2, -0.15) is 5.10 Å². The van der Waals surface area contributed by atoms with Crippen LogP contribution in [0.3, 0.4) is 0 Å². The number of carbonyl (C=O) groups excluding carboxylic acids is 1. The third kappa shape index (κ3) is 4.53. The first kappa shape index (κ1) is 26.6. The molecule has 0 unspecified atom stereocenters. The SMILES string of the molecule is CC(=O)N1CCc2c(c(N3CCCc4cc(-n5cc(Br)c6ccncc65)c(C(F)F)cc43)nn2C2CCOCC2)C1. The molecule has 41 heavy (non-hydrogen) atoms. The molecule has 0 N–H and O–H groups in total. The van der Waals surface area contributed by atoms with Gasteiger partial charge in [-0.1, -0.05) is 0 Å². The molecule has 1 fully saturated rings. The Morgan fingerprint density at radius 2 is 1.98 bits per heavy atom. The fraction of sp³-hybridized carbons (Fsp3) is 0.433. The first-order valence-electron chi connectivity index (χ1n) is 14.2. The van der Waals surface area contributed by atoms with Crippen molar-refractivity contribution in [3.05, 3.63) is 63.6 Å². The molecule has 0 aliphatic carbocycles. The lowest BCUT2D eigenvalue weighted by Crippen LogP contribution is -2.36. The average Bonchev–Trinajstić information content (AvgIpc) is 3.54. The van der Waals surface area contributed by atoms with Crippen LogP contribution < -0.4 is 4.90 Å². The summed E-state index contributed by atoms with van der Waals surface area (Å²) in [6.45, 7) is 4.79. The summed E-state index contributed by atoms with van der Waals surface area (Å²) >= 11 is 3.59. The van der Waals surface area contributed by atoms with Crippen LogP contribution in [0.2, 0.25) is 0 Å². The number of fused-ring (bicyclic) bond motifs is 3. The predicted molar refractivity (Wildman–Crippen MR) is 155 cm³/mol. The number of pyridine rings is 1. The van der Waals surface area contributed by atoms with Gasteiger partial charge in [0.05, 0.1) is 30.0 Å². The normalized spacial score (nSPS) is 17.8. The molecule has 0 radical (unpaired) electrons. The Morgan fingerprint density at radius 3 is 2.76 bits per heavy atom. The minimum Gasteiger partial charge on any atom is -0.381 e. The fourth-order valence-corrected chi connectivity index (χ4v) is 7.16. The summed E-state index contributed by atoms with van der Waals surface area (Å²) in [6.07, 6.45) is 6.71. The molecule has 0 spiro atoms. The largest absolute Gasteiger partial charge is 0.381 e. The molecule has 0 bridgehead atoms. The number of rotatable bonds is 4. The maximum atomic E-state index is 14.7. The molecule has 7 rings (SSSR count). The van der Waals surface area contributed by atoms with Gasteiger partial charge in [0.1, 0.15) is 0 Å². The highest BCUT2D eigenvalue weighted by Gasteiger charge is 2.34. The van der Waals surface area contributed by atoms with Gasteiger partial charge in [-0.15, -0.1) is 0 Å². The Hall–Kier alpha value is -3.31. The van der Waals surface area contributed by atoms with Crippen molar-refractivity contribution in [2.75, 3.05) is 31.2 Å². The molecule has 3 aliphatic heterocycles. The summed E-state index contributed by atoms with van der Waals surface area (Å²) in [5, 5.41) is 6.09. The number of aryl methyl sites for hydroxylation is 1. The summed E-state index contributed by atoms with van der Waals surface area (Å²) in [5.74, 6) is 0.813. The Labute approximate surface area is 245 Å². The van der Waals surface area contributed by atoms with Crippen LogP contribution in [-0.4, -0.2) is 56.4 Å². The van der Waals surface area contributed by atoms with Crippen molar-refractivity contribution in [3.8, 4) is 5.69 Å². The Kier molecular flexibility index (Phi) is 6.81. The van der Waals surface area contributed by atoms with Crippen molar-refractivity contribution in [1.29, 1.82) is 0 Å². The molecular weight excluding hydrogens is 594 g/mol. The van der Waals surface area contributed by atoms with Gasteiger partial charge in [0.2, 0.25) is 5.91 Å². The second-order valence-electron chi connectivity index (χ2n) is 11.1. The van der Waals surface area contributed by atoms with Gasteiger partial charge in [0, 0.05) is 84.4 Å². The van der Waals surface area contributed by atoms with Crippen LogP contribution in [0.15, 0.2) is 41.3 Å². The van der Waals surface area contributed by atoms with Crippen LogP contribution in [0.4, 0.5) is 20.3 Å². The van der Waals surface area contributed by atoms with E-state index in [4.69, 9.17) is 9.84 Å². The number of aromatic nitrogens is 4. The molecule has 1 aromatic carbocycles. The van der Waals surface area contributed by atoms with Crippen molar-refractivity contribution in [2.45, 2.75) is 58.0 Å². The van der Waals surface area contributed by atoms with E-state index in [1.807, 2.05) is 23.2 Å². The van der Waals surface area contributed by atoms with E-state index >= 15 is 0 Å². The summed E-state index contributed by atoms with van der Waals surface area (Å²) < 4.78 is 39.9. The van der Waals surface area contributed by atoms with Crippen molar-refractivity contribution in [3.63, 3.8) is 0 Å². The van der Waals surface area contributed by atoms with Crippen molar-refractivity contribution in [2.24, 2.45) is 0 Å². The van der Waals surface area contributed by atoms with Crippen LogP contribution >= 0.6 is 15.9 Å². The number of hydrogen-bond donors (Lipinski definition) is 0. The highest BCUT2D eigenvalue weighted by Crippen LogP contribution is 2.43. The maximum absolute atomic E-state index is 14.7. The monoisotopic (exact) mass is 624 g/mol. The summed E-state index contributed by atoms with van der Waals surface area (Å²) in [6, 6.07) is 5.66. The van der Waals surface area contributed by atoms with Crippen LogP contribution in [0.1, 0.15) is 61.0 Å². The molecule has 0 atom stereocenters. The molecule has 214 valence electrons. The average molecular weight is 626 g/mol. The van der Waals surface area contributed by atoms with E-state index < -0.39 is 6.43 Å². The number of carbonyl (C=O) groups is 1. The fourth-order valence-electron chi connectivity index (χ4n) is 6.62. The molecule has 3 aromatic heterocycles. The van der Waals surface area contributed by atoms with Gasteiger partial charge in [-0.05, 0) is 65.4 Å². The topological polar surface area (TPSA) is 68.4 Å². The molecular formula is C30H31BrF2N6O2. The molecule has 8 nitrogen and oxygen atoms in total. The number of anilines is 2. The zero-order valence-electron chi connectivity index (χ0n) is 22.8. The second kappa shape index (κ2) is 10.5. The standard InChI is InChI=1S/C30H31BrF2N6O2/c1-18(40)36-10-5-25-23(16-36)30(35-39(25)20-6-11-41-12-7-20)37-9-2-3-19-13-27(22(29(32)33)14-26(19)37)38-17-24(31)21-4-8-34-15-28(21)38/h4,8,13-15,17,20,29H,2-3,5-7,9-12,16H2,1H3.